The lowest BCUT2D eigenvalue weighted by atomic mass is 9.97. The zero-order valence-corrected chi connectivity index (χ0v) is 6.84. The van der Waals surface area contributed by atoms with E-state index in [9.17, 15) is 30.7 Å². The molecule has 0 N–H and O–H groups in total. The van der Waals surface area contributed by atoms with E-state index in [0.717, 1.165) is 0 Å². The number of halogens is 7. The second-order valence-electron chi connectivity index (χ2n) is 2.57. The highest BCUT2D eigenvalue weighted by Crippen LogP contribution is 2.38. The minimum Gasteiger partial charge on any atom is -0.251 e. The van der Waals surface area contributed by atoms with Gasteiger partial charge in [-0.15, -0.1) is 0 Å². The van der Waals surface area contributed by atoms with Crippen molar-refractivity contribution in [3.8, 4) is 0 Å². The minimum absolute atomic E-state index is 0.831. The van der Waals surface area contributed by atoms with Crippen LogP contribution < -0.4 is 0 Å². The van der Waals surface area contributed by atoms with Gasteiger partial charge in [-0.05, 0) is 0 Å². The quantitative estimate of drug-likeness (QED) is 0.627. The molecule has 0 nitrogen and oxygen atoms in total. The number of rotatable bonds is 5. The fourth-order valence-corrected chi connectivity index (χ4v) is 0.741. The van der Waals surface area contributed by atoms with Crippen LogP contribution in [0.1, 0.15) is 6.42 Å². The Hall–Kier alpha value is -0.750. The third-order valence-corrected chi connectivity index (χ3v) is 1.55. The second-order valence-corrected chi connectivity index (χ2v) is 2.57. The average Bonchev–Trinajstić information content (AvgIpc) is 2.02. The monoisotopic (exact) mass is 224 g/mol. The Labute approximate surface area is 75.4 Å². The highest BCUT2D eigenvalue weighted by Gasteiger charge is 2.54. The van der Waals surface area contributed by atoms with Crippen LogP contribution in [-0.2, 0) is 0 Å². The first-order valence-corrected chi connectivity index (χ1v) is 3.51. The molecular weight excluding hydrogens is 217 g/mol. The van der Waals surface area contributed by atoms with Crippen LogP contribution in [0.5, 0.6) is 0 Å². The zero-order chi connectivity index (χ0) is 11.4. The van der Waals surface area contributed by atoms with Gasteiger partial charge in [-0.25, -0.2) is 17.6 Å². The van der Waals surface area contributed by atoms with Crippen LogP contribution in [0.2, 0.25) is 0 Å². The third-order valence-electron chi connectivity index (χ3n) is 1.55. The smallest absolute Gasteiger partial charge is 0.251 e. The first-order chi connectivity index (χ1) is 6.29. The van der Waals surface area contributed by atoms with Crippen LogP contribution in [0.15, 0.2) is 12.2 Å². The third kappa shape index (κ3) is 2.88. The molecule has 1 unspecified atom stereocenters. The molecule has 0 aliphatic rings. The largest absolute Gasteiger partial charge is 0.290 e. The molecule has 14 heavy (non-hydrogen) atoms. The summed E-state index contributed by atoms with van der Waals surface area (Å²) in [5.41, 5.74) is -4.14. The van der Waals surface area contributed by atoms with Gasteiger partial charge in [0, 0.05) is 12.5 Å². The van der Waals surface area contributed by atoms with Crippen LogP contribution in [0.4, 0.5) is 30.7 Å². The van der Waals surface area contributed by atoms with Gasteiger partial charge in [0.05, 0.1) is 6.67 Å². The Kier molecular flexibility index (Phi) is 4.41. The van der Waals surface area contributed by atoms with Gasteiger partial charge in [-0.2, -0.15) is 8.78 Å². The van der Waals surface area contributed by atoms with Gasteiger partial charge < -0.3 is 0 Å². The summed E-state index contributed by atoms with van der Waals surface area (Å²) in [5, 5.41) is 0. The second kappa shape index (κ2) is 4.65. The standard InChI is InChI=1S/C7H7F7/c8-2-1-7(13,14)6(12,4-9)3-5(10)11/h3H,1-2,4H2. The fraction of sp³-hybridized carbons (Fsp3) is 0.714. The summed E-state index contributed by atoms with van der Waals surface area (Å²) in [6, 6.07) is 0. The SMILES string of the molecule is FCCC(F)(F)C(F)(C=C(F)F)CF. The van der Waals surface area contributed by atoms with Crippen LogP contribution in [0, 0.1) is 0 Å². The van der Waals surface area contributed by atoms with E-state index in [1.54, 1.807) is 0 Å². The van der Waals surface area contributed by atoms with Crippen molar-refractivity contribution in [2.75, 3.05) is 13.3 Å². The van der Waals surface area contributed by atoms with Gasteiger partial charge in [0.1, 0.15) is 6.67 Å². The Balaban J connectivity index is 4.92. The molecule has 0 saturated heterocycles. The van der Waals surface area contributed by atoms with Crippen LogP contribution in [0.3, 0.4) is 0 Å². The van der Waals surface area contributed by atoms with Crippen LogP contribution >= 0.6 is 0 Å². The summed E-state index contributed by atoms with van der Waals surface area (Å²) in [6.07, 6.45) is -5.25. The first kappa shape index (κ1) is 13.2. The molecule has 84 valence electrons. The summed E-state index contributed by atoms with van der Waals surface area (Å²) in [6.45, 7) is -3.96. The molecule has 0 fully saturated rings. The van der Waals surface area contributed by atoms with Gasteiger partial charge in [0.2, 0.25) is 5.67 Å². The van der Waals surface area contributed by atoms with Crippen molar-refractivity contribution in [3.05, 3.63) is 12.2 Å². The molecule has 7 heteroatoms. The van der Waals surface area contributed by atoms with Crippen molar-refractivity contribution in [2.24, 2.45) is 0 Å². The number of hydrogen-bond acceptors (Lipinski definition) is 0. The first-order valence-electron chi connectivity index (χ1n) is 3.51. The Morgan fingerprint density at radius 2 is 1.57 bits per heavy atom. The van der Waals surface area contributed by atoms with E-state index >= 15 is 0 Å². The molecule has 0 spiro atoms. The fourth-order valence-electron chi connectivity index (χ4n) is 0.741. The van der Waals surface area contributed by atoms with E-state index in [2.05, 4.69) is 0 Å². The molecule has 0 aromatic rings. The van der Waals surface area contributed by atoms with Crippen molar-refractivity contribution in [3.63, 3.8) is 0 Å². The summed E-state index contributed by atoms with van der Waals surface area (Å²) >= 11 is 0. The maximum atomic E-state index is 12.9. The summed E-state index contributed by atoms with van der Waals surface area (Å²) in [5.74, 6) is -4.49. The molecule has 0 radical (unpaired) electrons. The number of hydrogen-bond donors (Lipinski definition) is 0. The van der Waals surface area contributed by atoms with Gasteiger partial charge in [0.25, 0.3) is 12.0 Å². The molecule has 0 bridgehead atoms. The molecular formula is C7H7F7. The van der Waals surface area contributed by atoms with E-state index in [1.807, 2.05) is 0 Å². The average molecular weight is 224 g/mol. The predicted molar refractivity (Wildman–Crippen MR) is 35.7 cm³/mol. The van der Waals surface area contributed by atoms with E-state index in [1.165, 1.54) is 0 Å². The summed E-state index contributed by atoms with van der Waals surface area (Å²) in [7, 11) is 0. The highest BCUT2D eigenvalue weighted by atomic mass is 19.3. The molecule has 1 atom stereocenters. The topological polar surface area (TPSA) is 0 Å². The number of alkyl halides is 5. The molecule has 0 aliphatic carbocycles. The molecule has 0 aromatic carbocycles. The highest BCUT2D eigenvalue weighted by molar-refractivity contribution is 5.09. The van der Waals surface area contributed by atoms with E-state index < -0.39 is 43.5 Å². The van der Waals surface area contributed by atoms with Crippen molar-refractivity contribution in [2.45, 2.75) is 18.0 Å². The molecule has 0 rings (SSSR count). The number of allylic oxidation sites excluding steroid dienone is 1. The van der Waals surface area contributed by atoms with Gasteiger partial charge in [0.15, 0.2) is 0 Å². The normalized spacial score (nSPS) is 16.2. The maximum absolute atomic E-state index is 12.9. The summed E-state index contributed by atoms with van der Waals surface area (Å²) < 4.78 is 84.5. The lowest BCUT2D eigenvalue weighted by molar-refractivity contribution is -0.129. The van der Waals surface area contributed by atoms with Crippen molar-refractivity contribution >= 4 is 0 Å². The minimum atomic E-state index is -4.49. The Bertz CT molecular complexity index is 208. The molecule has 0 aromatic heterocycles. The van der Waals surface area contributed by atoms with Crippen molar-refractivity contribution in [1.82, 2.24) is 0 Å². The zero-order valence-electron chi connectivity index (χ0n) is 6.84. The maximum Gasteiger partial charge on any atom is 0.290 e. The lowest BCUT2D eigenvalue weighted by Crippen LogP contribution is -2.45. The van der Waals surface area contributed by atoms with E-state index in [-0.39, 0.29) is 0 Å². The Morgan fingerprint density at radius 3 is 1.86 bits per heavy atom. The molecule has 0 aliphatic heterocycles. The van der Waals surface area contributed by atoms with E-state index in [4.69, 9.17) is 0 Å². The van der Waals surface area contributed by atoms with Gasteiger partial charge >= 0.3 is 0 Å². The van der Waals surface area contributed by atoms with Crippen molar-refractivity contribution < 1.29 is 30.7 Å². The van der Waals surface area contributed by atoms with Crippen LogP contribution in [-0.4, -0.2) is 24.9 Å². The molecule has 0 heterocycles. The predicted octanol–water partition coefficient (Wildman–Crippen LogP) is 3.44. The van der Waals surface area contributed by atoms with E-state index in [0.29, 0.717) is 0 Å². The van der Waals surface area contributed by atoms with Crippen molar-refractivity contribution in [1.29, 1.82) is 0 Å². The Morgan fingerprint density at radius 1 is 1.07 bits per heavy atom. The lowest BCUT2D eigenvalue weighted by Gasteiger charge is -2.27. The molecule has 0 saturated carbocycles. The van der Waals surface area contributed by atoms with Gasteiger partial charge in [-0.3, -0.25) is 4.39 Å². The summed E-state index contributed by atoms with van der Waals surface area (Å²) in [4.78, 5) is 0. The van der Waals surface area contributed by atoms with Crippen LogP contribution in [0.25, 0.3) is 0 Å². The van der Waals surface area contributed by atoms with Gasteiger partial charge in [-0.1, -0.05) is 0 Å². The molecule has 0 amide bonds.